The first-order valence-electron chi connectivity index (χ1n) is 7.05. The van der Waals surface area contributed by atoms with E-state index in [-0.39, 0.29) is 23.4 Å². The van der Waals surface area contributed by atoms with Crippen LogP contribution in [0.4, 0.5) is 5.69 Å². The summed E-state index contributed by atoms with van der Waals surface area (Å²) in [6.45, 7) is 4.25. The lowest BCUT2D eigenvalue weighted by molar-refractivity contribution is -0.120. The Balaban J connectivity index is 2.15. The fourth-order valence-electron chi connectivity index (χ4n) is 2.34. The molecule has 0 radical (unpaired) electrons. The van der Waals surface area contributed by atoms with E-state index in [4.69, 9.17) is 0 Å². The maximum absolute atomic E-state index is 12.4. The van der Waals surface area contributed by atoms with Crippen LogP contribution in [0.3, 0.4) is 0 Å². The number of anilines is 1. The zero-order valence-corrected chi connectivity index (χ0v) is 13.1. The van der Waals surface area contributed by atoms with E-state index >= 15 is 0 Å². The predicted molar refractivity (Wildman–Crippen MR) is 81.7 cm³/mol. The number of amides is 1. The van der Waals surface area contributed by atoms with Crippen molar-refractivity contribution >= 4 is 21.6 Å². The molecule has 0 saturated carbocycles. The zero-order chi connectivity index (χ0) is 15.5. The summed E-state index contributed by atoms with van der Waals surface area (Å²) in [6, 6.07) is 5.14. The first-order valence-corrected chi connectivity index (χ1v) is 8.53. The third-order valence-corrected chi connectivity index (χ3v) is 4.70. The molecule has 2 rings (SSSR count). The van der Waals surface area contributed by atoms with Crippen LogP contribution in [0.25, 0.3) is 0 Å². The minimum Gasteiger partial charge on any atom is -0.385 e. The van der Waals surface area contributed by atoms with Gasteiger partial charge in [0.25, 0.3) is 0 Å². The second-order valence-corrected chi connectivity index (χ2v) is 7.09. The summed E-state index contributed by atoms with van der Waals surface area (Å²) in [7, 11) is -3.68. The van der Waals surface area contributed by atoms with Gasteiger partial charge in [0.15, 0.2) is 0 Å². The Labute approximate surface area is 125 Å². The maximum atomic E-state index is 12.4. The molecule has 116 valence electrons. The van der Waals surface area contributed by atoms with E-state index in [1.807, 2.05) is 19.9 Å². The molecule has 0 saturated heterocycles. The highest BCUT2D eigenvalue weighted by Crippen LogP contribution is 2.28. The molecular formula is C14H21N3O3S. The van der Waals surface area contributed by atoms with Gasteiger partial charge in [-0.3, -0.25) is 4.79 Å². The molecule has 1 aromatic rings. The van der Waals surface area contributed by atoms with Gasteiger partial charge in [-0.2, -0.15) is 0 Å². The molecule has 3 N–H and O–H groups in total. The Kier molecular flexibility index (Phi) is 4.84. The molecule has 0 atom stereocenters. The van der Waals surface area contributed by atoms with Crippen LogP contribution in [0.1, 0.15) is 25.8 Å². The number of hydrogen-bond donors (Lipinski definition) is 3. The van der Waals surface area contributed by atoms with E-state index < -0.39 is 10.0 Å². The van der Waals surface area contributed by atoms with Crippen molar-refractivity contribution < 1.29 is 13.2 Å². The van der Waals surface area contributed by atoms with Crippen molar-refractivity contribution in [2.45, 2.75) is 37.6 Å². The van der Waals surface area contributed by atoms with Crippen LogP contribution >= 0.6 is 0 Å². The third kappa shape index (κ3) is 3.95. The van der Waals surface area contributed by atoms with Gasteiger partial charge in [-0.1, -0.05) is 6.07 Å². The van der Waals surface area contributed by atoms with Gasteiger partial charge in [-0.25, -0.2) is 13.1 Å². The number of benzene rings is 1. The Morgan fingerprint density at radius 3 is 2.86 bits per heavy atom. The Bertz CT molecular complexity index is 626. The Morgan fingerprint density at radius 1 is 1.38 bits per heavy atom. The summed E-state index contributed by atoms with van der Waals surface area (Å²) in [5.41, 5.74) is 1.65. The van der Waals surface area contributed by atoms with Gasteiger partial charge in [-0.15, -0.1) is 0 Å². The summed E-state index contributed by atoms with van der Waals surface area (Å²) in [4.78, 5) is 11.8. The number of fused-ring (bicyclic) bond motifs is 1. The average molecular weight is 311 g/mol. The molecule has 0 aliphatic carbocycles. The molecule has 1 aliphatic heterocycles. The molecule has 0 bridgehead atoms. The Hall–Kier alpha value is -1.60. The van der Waals surface area contributed by atoms with Gasteiger partial charge < -0.3 is 10.6 Å². The van der Waals surface area contributed by atoms with Gasteiger partial charge >= 0.3 is 0 Å². The molecule has 0 spiro atoms. The molecule has 0 aromatic heterocycles. The minimum absolute atomic E-state index is 0.0179. The number of carbonyl (C=O) groups is 1. The third-order valence-electron chi connectivity index (χ3n) is 3.21. The topological polar surface area (TPSA) is 87.3 Å². The first-order chi connectivity index (χ1) is 9.90. The van der Waals surface area contributed by atoms with Gasteiger partial charge in [0.2, 0.25) is 15.9 Å². The highest BCUT2D eigenvalue weighted by Gasteiger charge is 2.22. The van der Waals surface area contributed by atoms with E-state index in [2.05, 4.69) is 15.4 Å². The lowest BCUT2D eigenvalue weighted by Crippen LogP contribution is -2.40. The van der Waals surface area contributed by atoms with Crippen molar-refractivity contribution in [1.29, 1.82) is 0 Å². The lowest BCUT2D eigenvalue weighted by Gasteiger charge is -2.21. The first kappa shape index (κ1) is 15.8. The van der Waals surface area contributed by atoms with Crippen molar-refractivity contribution in [1.82, 2.24) is 10.0 Å². The van der Waals surface area contributed by atoms with E-state index in [9.17, 15) is 13.2 Å². The van der Waals surface area contributed by atoms with E-state index in [1.165, 1.54) is 0 Å². The SMILES string of the molecule is CC(C)NC(=O)CNS(=O)(=O)c1cccc2c1CCCN2. The fourth-order valence-corrected chi connectivity index (χ4v) is 3.61. The molecular weight excluding hydrogens is 290 g/mol. The van der Waals surface area contributed by atoms with Crippen LogP contribution in [0.15, 0.2) is 23.1 Å². The molecule has 0 fully saturated rings. The van der Waals surface area contributed by atoms with E-state index in [0.29, 0.717) is 0 Å². The summed E-state index contributed by atoms with van der Waals surface area (Å²) >= 11 is 0. The molecule has 1 heterocycles. The minimum atomic E-state index is -3.68. The Morgan fingerprint density at radius 2 is 2.14 bits per heavy atom. The zero-order valence-electron chi connectivity index (χ0n) is 12.3. The van der Waals surface area contributed by atoms with Crippen molar-refractivity contribution in [3.8, 4) is 0 Å². The van der Waals surface area contributed by atoms with E-state index in [0.717, 1.165) is 30.6 Å². The maximum Gasteiger partial charge on any atom is 0.241 e. The lowest BCUT2D eigenvalue weighted by atomic mass is 10.0. The summed E-state index contributed by atoms with van der Waals surface area (Å²) in [5.74, 6) is -0.337. The standard InChI is InChI=1S/C14H21N3O3S/c1-10(2)17-14(18)9-16-21(19,20)13-7-3-6-12-11(13)5-4-8-15-12/h3,6-7,10,15-16H,4-5,8-9H2,1-2H3,(H,17,18). The summed E-state index contributed by atoms with van der Waals surface area (Å²) in [6.07, 6.45) is 1.62. The van der Waals surface area contributed by atoms with Crippen molar-refractivity contribution in [2.75, 3.05) is 18.4 Å². The molecule has 1 aliphatic rings. The number of nitrogens with one attached hydrogen (secondary N) is 3. The smallest absolute Gasteiger partial charge is 0.241 e. The quantitative estimate of drug-likeness (QED) is 0.752. The van der Waals surface area contributed by atoms with Crippen LogP contribution in [-0.4, -0.2) is 33.5 Å². The number of carbonyl (C=O) groups excluding carboxylic acids is 1. The van der Waals surface area contributed by atoms with Crippen LogP contribution in [-0.2, 0) is 21.2 Å². The van der Waals surface area contributed by atoms with Gasteiger partial charge in [0.05, 0.1) is 11.4 Å². The number of hydrogen-bond acceptors (Lipinski definition) is 4. The van der Waals surface area contributed by atoms with Gasteiger partial charge in [0, 0.05) is 18.3 Å². The highest BCUT2D eigenvalue weighted by molar-refractivity contribution is 7.89. The summed E-state index contributed by atoms with van der Waals surface area (Å²) < 4.78 is 27.1. The molecule has 6 nitrogen and oxygen atoms in total. The average Bonchev–Trinajstić information content (AvgIpc) is 2.44. The molecule has 21 heavy (non-hydrogen) atoms. The molecule has 0 unspecified atom stereocenters. The highest BCUT2D eigenvalue weighted by atomic mass is 32.2. The van der Waals surface area contributed by atoms with Crippen LogP contribution in [0.5, 0.6) is 0 Å². The van der Waals surface area contributed by atoms with Crippen molar-refractivity contribution in [3.05, 3.63) is 23.8 Å². The monoisotopic (exact) mass is 311 g/mol. The predicted octanol–water partition coefficient (Wildman–Crippen LogP) is 0.848. The van der Waals surface area contributed by atoms with Crippen LogP contribution < -0.4 is 15.4 Å². The van der Waals surface area contributed by atoms with Crippen LogP contribution in [0, 0.1) is 0 Å². The molecule has 1 amide bonds. The van der Waals surface area contributed by atoms with Gasteiger partial charge in [-0.05, 0) is 44.4 Å². The largest absolute Gasteiger partial charge is 0.385 e. The summed E-state index contributed by atoms with van der Waals surface area (Å²) in [5, 5.41) is 5.85. The van der Waals surface area contributed by atoms with Gasteiger partial charge in [0.1, 0.15) is 0 Å². The van der Waals surface area contributed by atoms with Crippen molar-refractivity contribution in [3.63, 3.8) is 0 Å². The molecule has 1 aromatic carbocycles. The number of sulfonamides is 1. The second-order valence-electron chi connectivity index (χ2n) is 5.36. The molecule has 7 heteroatoms. The van der Waals surface area contributed by atoms with Crippen LogP contribution in [0.2, 0.25) is 0 Å². The normalized spacial score (nSPS) is 14.4. The number of rotatable bonds is 5. The van der Waals surface area contributed by atoms with E-state index in [1.54, 1.807) is 12.1 Å². The second kappa shape index (κ2) is 6.44. The fraction of sp³-hybridized carbons (Fsp3) is 0.500. The van der Waals surface area contributed by atoms with Crippen molar-refractivity contribution in [2.24, 2.45) is 0 Å².